The second-order valence-corrected chi connectivity index (χ2v) is 18.5. The van der Waals surface area contributed by atoms with Gasteiger partial charge in [-0.1, -0.05) is 435 Å². The van der Waals surface area contributed by atoms with Crippen molar-refractivity contribution in [2.45, 2.75) is 291 Å². The Morgan fingerprint density at radius 1 is 0.140 bits per heavy atom. The molecule has 0 spiro atoms. The van der Waals surface area contributed by atoms with Gasteiger partial charge in [0.25, 0.3) is 0 Å². The average Bonchev–Trinajstić information content (AvgIpc) is 0.866. The van der Waals surface area contributed by atoms with Gasteiger partial charge in [0.1, 0.15) is 0 Å². The first-order valence-corrected chi connectivity index (χ1v) is 44.0. The minimum Gasteiger partial charge on any atom is -0.265 e. The SMILES string of the molecule is CC.CC.CC.CC.CC.CC.CC.CC.CC.CC.CC.CC.CC.CC.CC.CC.CC.CC.Cc1ccc(-c2cccnc2)cc1.Cc1ccc(-c2cccnc2)cc1.Cc1ccc(-c2ccncc2)cc1.Cc1cccc(-c2ccncc2)c1.Cc1ccccc1-c1cccnc1.Cc1ccccc1-c1ccncc1. The molecule has 6 aromatic carbocycles. The van der Waals surface area contributed by atoms with Crippen molar-refractivity contribution in [3.05, 3.63) is 326 Å². The van der Waals surface area contributed by atoms with Crippen molar-refractivity contribution in [1.82, 2.24) is 29.9 Å². The predicted molar refractivity (Wildman–Crippen MR) is 531 cm³/mol. The van der Waals surface area contributed by atoms with Crippen molar-refractivity contribution in [2.24, 2.45) is 0 Å². The summed E-state index contributed by atoms with van der Waals surface area (Å²) in [5, 5.41) is 0. The summed E-state index contributed by atoms with van der Waals surface area (Å²) in [4.78, 5) is 24.3. The lowest BCUT2D eigenvalue weighted by Gasteiger charge is -2.03. The molecule has 6 nitrogen and oxygen atoms in total. The lowest BCUT2D eigenvalue weighted by Crippen LogP contribution is -1.82. The number of aromatic nitrogens is 6. The maximum absolute atomic E-state index is 4.10. The van der Waals surface area contributed by atoms with Gasteiger partial charge in [-0.05, 0) is 168 Å². The lowest BCUT2D eigenvalue weighted by atomic mass is 10.0. The zero-order chi connectivity index (χ0) is 90.6. The van der Waals surface area contributed by atoms with Crippen molar-refractivity contribution < 1.29 is 0 Å². The number of benzene rings is 6. The van der Waals surface area contributed by atoms with Crippen molar-refractivity contribution in [3.8, 4) is 66.8 Å². The molecule has 0 radical (unpaired) electrons. The molecule has 636 valence electrons. The highest BCUT2D eigenvalue weighted by molar-refractivity contribution is 5.68. The van der Waals surface area contributed by atoms with Crippen LogP contribution in [0.3, 0.4) is 0 Å². The van der Waals surface area contributed by atoms with Crippen LogP contribution in [-0.2, 0) is 0 Å². The van der Waals surface area contributed by atoms with Crippen LogP contribution < -0.4 is 0 Å². The Morgan fingerprint density at radius 2 is 0.360 bits per heavy atom. The summed E-state index contributed by atoms with van der Waals surface area (Å²) in [6, 6.07) is 74.8. The molecule has 6 heteroatoms. The molecule has 6 aromatic heterocycles. The van der Waals surface area contributed by atoms with E-state index in [1.54, 1.807) is 18.6 Å². The molecule has 12 rings (SSSR count). The molecule has 0 N–H and O–H groups in total. The second-order valence-electron chi connectivity index (χ2n) is 18.5. The van der Waals surface area contributed by atoms with E-state index in [4.69, 9.17) is 0 Å². The summed E-state index contributed by atoms with van der Waals surface area (Å²) in [5.41, 5.74) is 22.4. The molecule has 12 aromatic rings. The molecule has 0 atom stereocenters. The van der Waals surface area contributed by atoms with Crippen LogP contribution in [0.5, 0.6) is 0 Å². The molecular formula is C108H174N6. The number of hydrogen-bond donors (Lipinski definition) is 0. The van der Waals surface area contributed by atoms with E-state index in [9.17, 15) is 0 Å². The fourth-order valence-electron chi connectivity index (χ4n) is 8.07. The first-order chi connectivity index (χ1) is 56.2. The summed E-state index contributed by atoms with van der Waals surface area (Å²) in [5.74, 6) is 0. The Bertz CT molecular complexity index is 3290. The lowest BCUT2D eigenvalue weighted by molar-refractivity contribution is 1.32. The third kappa shape index (κ3) is 67.9. The molecular weight excluding hydrogens is 1380 g/mol. The summed E-state index contributed by atoms with van der Waals surface area (Å²) in [6.45, 7) is 84.6. The van der Waals surface area contributed by atoms with Gasteiger partial charge in [0.2, 0.25) is 0 Å². The summed E-state index contributed by atoms with van der Waals surface area (Å²) in [6.07, 6.45) is 21.9. The largest absolute Gasteiger partial charge is 0.265 e. The van der Waals surface area contributed by atoms with E-state index < -0.39 is 0 Å². The fourth-order valence-corrected chi connectivity index (χ4v) is 8.07. The minimum absolute atomic E-state index is 1.17. The van der Waals surface area contributed by atoms with Crippen LogP contribution in [0, 0.1) is 41.5 Å². The number of rotatable bonds is 6. The molecule has 0 aliphatic rings. The Kier molecular flexibility index (Phi) is 128. The van der Waals surface area contributed by atoms with Crippen LogP contribution in [0.15, 0.2) is 293 Å². The Labute approximate surface area is 709 Å². The van der Waals surface area contributed by atoms with Crippen LogP contribution in [0.2, 0.25) is 0 Å². The van der Waals surface area contributed by atoms with Crippen molar-refractivity contribution in [2.75, 3.05) is 0 Å². The highest BCUT2D eigenvalue weighted by atomic mass is 14.6. The topological polar surface area (TPSA) is 77.3 Å². The van der Waals surface area contributed by atoms with E-state index >= 15 is 0 Å². The maximum atomic E-state index is 4.10. The molecule has 0 saturated carbocycles. The molecule has 114 heavy (non-hydrogen) atoms. The maximum Gasteiger partial charge on any atom is 0.0346 e. The minimum atomic E-state index is 1.17. The van der Waals surface area contributed by atoms with Crippen molar-refractivity contribution in [1.29, 1.82) is 0 Å². The average molecular weight is 1560 g/mol. The molecule has 0 aliphatic carbocycles. The number of hydrogen-bond acceptors (Lipinski definition) is 6. The third-order valence-corrected chi connectivity index (χ3v) is 12.4. The number of nitrogens with zero attached hydrogens (tertiary/aromatic N) is 6. The normalized spacial score (nSPS) is 7.74. The van der Waals surface area contributed by atoms with E-state index in [1.165, 1.54) is 100 Å². The van der Waals surface area contributed by atoms with E-state index in [2.05, 4.69) is 235 Å². The summed E-state index contributed by atoms with van der Waals surface area (Å²) >= 11 is 0. The molecule has 6 heterocycles. The van der Waals surface area contributed by atoms with Crippen LogP contribution in [-0.4, -0.2) is 29.9 Å². The standard InChI is InChI=1S/6C12H11N.18C2H6/c1-10-2-4-11(5-3-10)12-6-8-13-9-7-12;2*1-10-4-6-11(7-5-10)12-3-2-8-13-9-12;1-10-5-2-3-7-12(10)11-6-4-8-13-9-11;1-10-3-2-4-12(9-10)11-5-7-13-8-6-11;1-10-4-2-3-5-12(10)11-6-8-13-9-7-11;18*1-2/h6*2-9H,1H3;18*1-2H3. The second kappa shape index (κ2) is 112. The number of aryl methyl sites for hydroxylation is 6. The smallest absolute Gasteiger partial charge is 0.0346 e. The molecule has 0 unspecified atom stereocenters. The zero-order valence-electron chi connectivity index (χ0n) is 81.4. The molecule has 0 saturated heterocycles. The van der Waals surface area contributed by atoms with Gasteiger partial charge in [-0.2, -0.15) is 0 Å². The van der Waals surface area contributed by atoms with Gasteiger partial charge in [-0.3, -0.25) is 29.9 Å². The van der Waals surface area contributed by atoms with Gasteiger partial charge < -0.3 is 0 Å². The first-order valence-electron chi connectivity index (χ1n) is 44.0. The monoisotopic (exact) mass is 1560 g/mol. The van der Waals surface area contributed by atoms with Crippen molar-refractivity contribution in [3.63, 3.8) is 0 Å². The quantitative estimate of drug-likeness (QED) is 0.165. The first kappa shape index (κ1) is 131. The molecule has 0 fully saturated rings. The van der Waals surface area contributed by atoms with Crippen LogP contribution >= 0.6 is 0 Å². The fraction of sp³-hybridized carbons (Fsp3) is 0.389. The number of pyridine rings is 6. The summed E-state index contributed by atoms with van der Waals surface area (Å²) in [7, 11) is 0. The Morgan fingerprint density at radius 3 is 0.614 bits per heavy atom. The Balaban J connectivity index is -0.000000101. The van der Waals surface area contributed by atoms with Gasteiger partial charge in [0, 0.05) is 79.9 Å². The van der Waals surface area contributed by atoms with Gasteiger partial charge in [-0.25, -0.2) is 0 Å². The van der Waals surface area contributed by atoms with Gasteiger partial charge in [0.05, 0.1) is 0 Å². The van der Waals surface area contributed by atoms with E-state index in [0.717, 1.165) is 0 Å². The van der Waals surface area contributed by atoms with E-state index in [-0.39, 0.29) is 0 Å². The van der Waals surface area contributed by atoms with Crippen molar-refractivity contribution >= 4 is 0 Å². The molecule has 0 bridgehead atoms. The van der Waals surface area contributed by atoms with E-state index in [0.29, 0.717) is 0 Å². The van der Waals surface area contributed by atoms with Crippen LogP contribution in [0.25, 0.3) is 66.8 Å². The highest BCUT2D eigenvalue weighted by Gasteiger charge is 2.02. The predicted octanol–water partition coefficient (Wildman–Crippen LogP) is 36.8. The molecule has 0 aliphatic heterocycles. The van der Waals surface area contributed by atoms with E-state index in [1.807, 2.05) is 360 Å². The summed E-state index contributed by atoms with van der Waals surface area (Å²) < 4.78 is 0. The van der Waals surface area contributed by atoms with Crippen LogP contribution in [0.4, 0.5) is 0 Å². The van der Waals surface area contributed by atoms with Gasteiger partial charge >= 0.3 is 0 Å². The third-order valence-electron chi connectivity index (χ3n) is 12.4. The van der Waals surface area contributed by atoms with Crippen LogP contribution in [0.1, 0.15) is 283 Å². The zero-order valence-corrected chi connectivity index (χ0v) is 81.4. The van der Waals surface area contributed by atoms with Gasteiger partial charge in [-0.15, -0.1) is 0 Å². The highest BCUT2D eigenvalue weighted by Crippen LogP contribution is 2.24. The van der Waals surface area contributed by atoms with Gasteiger partial charge in [0.15, 0.2) is 0 Å². The Hall–Kier alpha value is -9.78. The molecule has 0 amide bonds.